The van der Waals surface area contributed by atoms with Crippen molar-refractivity contribution in [2.75, 3.05) is 11.9 Å². The number of amidine groups is 1. The molecule has 4 heteroatoms. The summed E-state index contributed by atoms with van der Waals surface area (Å²) in [4.78, 5) is 10.9. The zero-order chi connectivity index (χ0) is 17.8. The zero-order valence-electron chi connectivity index (χ0n) is 14.1. The van der Waals surface area contributed by atoms with E-state index in [1.165, 1.54) is 0 Å². The number of hydrogen-bond donors (Lipinski definition) is 1. The molecule has 0 radical (unpaired) electrons. The van der Waals surface area contributed by atoms with E-state index in [0.717, 1.165) is 33.2 Å². The molecule has 0 fully saturated rings. The van der Waals surface area contributed by atoms with Crippen LogP contribution >= 0.6 is 11.3 Å². The number of para-hydroxylation sites is 1. The van der Waals surface area contributed by atoms with Crippen LogP contribution in [0.15, 0.2) is 82.1 Å². The number of anilines is 1. The number of hydrogen-bond acceptors (Lipinski definition) is 3. The minimum absolute atomic E-state index is 0.203. The van der Waals surface area contributed by atoms with E-state index in [2.05, 4.69) is 51.9 Å². The van der Waals surface area contributed by atoms with Gasteiger partial charge in [0.05, 0.1) is 5.71 Å². The van der Waals surface area contributed by atoms with Gasteiger partial charge in [-0.2, -0.15) is 0 Å². The Balaban J connectivity index is 1.94. The first-order valence-electron chi connectivity index (χ1n) is 8.37. The average Bonchev–Trinajstić information content (AvgIpc) is 3.16. The van der Waals surface area contributed by atoms with Crippen LogP contribution in [0.1, 0.15) is 22.0 Å². The molecule has 4 rings (SSSR count). The van der Waals surface area contributed by atoms with Crippen molar-refractivity contribution in [3.8, 4) is 12.3 Å². The molecule has 2 heterocycles. The van der Waals surface area contributed by atoms with E-state index in [4.69, 9.17) is 11.4 Å². The maximum absolute atomic E-state index is 5.44. The molecule has 1 atom stereocenters. The van der Waals surface area contributed by atoms with Gasteiger partial charge in [0, 0.05) is 21.7 Å². The minimum Gasteiger partial charge on any atom is -0.341 e. The lowest BCUT2D eigenvalue weighted by molar-refractivity contribution is 0.976. The minimum atomic E-state index is -0.203. The third-order valence-corrected chi connectivity index (χ3v) is 5.09. The van der Waals surface area contributed by atoms with Crippen molar-refractivity contribution < 1.29 is 0 Å². The number of aliphatic imine (C=N–C) groups is 2. The molecule has 1 N–H and O–H groups in total. The van der Waals surface area contributed by atoms with E-state index in [9.17, 15) is 0 Å². The summed E-state index contributed by atoms with van der Waals surface area (Å²) in [6.45, 7) is 0.322. The molecular formula is C22H17N3S. The first-order valence-corrected chi connectivity index (χ1v) is 9.25. The number of terminal acetylenes is 1. The molecular weight excluding hydrogens is 338 g/mol. The predicted molar refractivity (Wildman–Crippen MR) is 110 cm³/mol. The van der Waals surface area contributed by atoms with E-state index in [1.54, 1.807) is 11.3 Å². The Morgan fingerprint density at radius 2 is 1.85 bits per heavy atom. The van der Waals surface area contributed by atoms with Crippen LogP contribution in [0.25, 0.3) is 0 Å². The maximum Gasteiger partial charge on any atom is 0.142 e. The largest absolute Gasteiger partial charge is 0.341 e. The lowest BCUT2D eigenvalue weighted by atomic mass is 10.0. The predicted octanol–water partition coefficient (Wildman–Crippen LogP) is 4.78. The standard InChI is InChI=1S/C22H17N3S/c1-2-14-23-22-21(19-13-8-15-26-19)25-20(16-9-4-3-5-10-16)17-11-6-7-12-18(17)24-22/h1,3-13,15,21H,14H2,(H,23,24). The molecule has 2 aromatic carbocycles. The summed E-state index contributed by atoms with van der Waals surface area (Å²) in [5.74, 6) is 3.38. The molecule has 1 aromatic heterocycles. The van der Waals surface area contributed by atoms with Crippen molar-refractivity contribution >= 4 is 28.6 Å². The van der Waals surface area contributed by atoms with Gasteiger partial charge >= 0.3 is 0 Å². The van der Waals surface area contributed by atoms with Crippen molar-refractivity contribution in [2.24, 2.45) is 9.98 Å². The fraction of sp³-hybridized carbons (Fsp3) is 0.0909. The third-order valence-electron chi connectivity index (χ3n) is 4.16. The molecule has 3 nitrogen and oxygen atoms in total. The molecule has 1 aliphatic rings. The van der Waals surface area contributed by atoms with Crippen molar-refractivity contribution in [1.29, 1.82) is 0 Å². The number of nitrogens with one attached hydrogen (secondary N) is 1. The zero-order valence-corrected chi connectivity index (χ0v) is 14.9. The monoisotopic (exact) mass is 355 g/mol. The lowest BCUT2D eigenvalue weighted by Crippen LogP contribution is -2.19. The Kier molecular flexibility index (Phi) is 4.63. The highest BCUT2D eigenvalue weighted by Crippen LogP contribution is 2.32. The summed E-state index contributed by atoms with van der Waals surface area (Å²) >= 11 is 1.67. The van der Waals surface area contributed by atoms with Gasteiger partial charge in [-0.05, 0) is 17.5 Å². The average molecular weight is 355 g/mol. The molecule has 0 amide bonds. The topological polar surface area (TPSA) is 36.8 Å². The van der Waals surface area contributed by atoms with Gasteiger partial charge in [0.15, 0.2) is 0 Å². The molecule has 0 bridgehead atoms. The van der Waals surface area contributed by atoms with Crippen molar-refractivity contribution in [1.82, 2.24) is 0 Å². The normalized spacial score (nSPS) is 17.6. The molecule has 0 saturated heterocycles. The van der Waals surface area contributed by atoms with Gasteiger partial charge in [0.1, 0.15) is 18.4 Å². The number of benzene rings is 2. The summed E-state index contributed by atoms with van der Waals surface area (Å²) in [7, 11) is 0. The Bertz CT molecular complexity index is 995. The van der Waals surface area contributed by atoms with Gasteiger partial charge in [-0.25, -0.2) is 0 Å². The fourth-order valence-electron chi connectivity index (χ4n) is 2.99. The molecule has 126 valence electrons. The van der Waals surface area contributed by atoms with Crippen LogP contribution in [-0.2, 0) is 0 Å². The molecule has 0 spiro atoms. The third kappa shape index (κ3) is 3.17. The number of benzodiazepines with no additional fused rings is 1. The van der Waals surface area contributed by atoms with Crippen LogP contribution in [-0.4, -0.2) is 18.1 Å². The molecule has 0 saturated carbocycles. The van der Waals surface area contributed by atoms with Gasteiger partial charge in [0.25, 0.3) is 0 Å². The Morgan fingerprint density at radius 1 is 1.04 bits per heavy atom. The van der Waals surface area contributed by atoms with Crippen LogP contribution in [0.2, 0.25) is 0 Å². The van der Waals surface area contributed by atoms with E-state index in [1.807, 2.05) is 36.4 Å². The number of rotatable bonds is 3. The fourth-order valence-corrected chi connectivity index (χ4v) is 3.76. The first kappa shape index (κ1) is 16.3. The smallest absolute Gasteiger partial charge is 0.142 e. The quantitative estimate of drug-likeness (QED) is 0.674. The van der Waals surface area contributed by atoms with Crippen LogP contribution < -0.4 is 5.32 Å². The Hall–Kier alpha value is -3.16. The molecule has 1 unspecified atom stereocenters. The van der Waals surface area contributed by atoms with Crippen molar-refractivity contribution in [3.05, 3.63) is 88.1 Å². The van der Waals surface area contributed by atoms with Crippen LogP contribution in [0.3, 0.4) is 0 Å². The summed E-state index contributed by atoms with van der Waals surface area (Å²) in [6.07, 6.45) is 5.44. The van der Waals surface area contributed by atoms with Gasteiger partial charge in [-0.3, -0.25) is 9.98 Å². The number of fused-ring (bicyclic) bond motifs is 1. The second-order valence-corrected chi connectivity index (χ2v) is 6.82. The van der Waals surface area contributed by atoms with E-state index in [-0.39, 0.29) is 6.04 Å². The second-order valence-electron chi connectivity index (χ2n) is 5.84. The Labute approximate surface area is 157 Å². The van der Waals surface area contributed by atoms with Crippen LogP contribution in [0.5, 0.6) is 0 Å². The Morgan fingerprint density at radius 3 is 2.62 bits per heavy atom. The second kappa shape index (κ2) is 7.38. The summed E-state index contributed by atoms with van der Waals surface area (Å²) in [5, 5.41) is 5.54. The maximum atomic E-state index is 5.44. The van der Waals surface area contributed by atoms with Crippen LogP contribution in [0.4, 0.5) is 5.69 Å². The molecule has 26 heavy (non-hydrogen) atoms. The van der Waals surface area contributed by atoms with Gasteiger partial charge < -0.3 is 5.32 Å². The van der Waals surface area contributed by atoms with Crippen LogP contribution in [0, 0.1) is 12.3 Å². The van der Waals surface area contributed by atoms with Gasteiger partial charge in [-0.15, -0.1) is 17.8 Å². The molecule has 0 aliphatic carbocycles. The summed E-state index contributed by atoms with van der Waals surface area (Å²) < 4.78 is 0. The van der Waals surface area contributed by atoms with E-state index >= 15 is 0 Å². The lowest BCUT2D eigenvalue weighted by Gasteiger charge is -2.14. The van der Waals surface area contributed by atoms with Crippen molar-refractivity contribution in [3.63, 3.8) is 0 Å². The highest BCUT2D eigenvalue weighted by atomic mass is 32.1. The van der Waals surface area contributed by atoms with E-state index in [0.29, 0.717) is 6.54 Å². The van der Waals surface area contributed by atoms with Gasteiger partial charge in [-0.1, -0.05) is 60.5 Å². The van der Waals surface area contributed by atoms with E-state index < -0.39 is 0 Å². The summed E-state index contributed by atoms with van der Waals surface area (Å²) in [5.41, 5.74) is 4.09. The van der Waals surface area contributed by atoms with Crippen molar-refractivity contribution in [2.45, 2.75) is 6.04 Å². The SMILES string of the molecule is C#CCN=C1Nc2ccccc2C(c2ccccc2)=NC1c1cccs1. The number of thiophene rings is 1. The first-order chi connectivity index (χ1) is 12.9. The molecule has 3 aromatic rings. The highest BCUT2D eigenvalue weighted by molar-refractivity contribution is 7.10. The summed E-state index contributed by atoms with van der Waals surface area (Å²) in [6, 6.07) is 22.4. The molecule has 1 aliphatic heterocycles. The highest BCUT2D eigenvalue weighted by Gasteiger charge is 2.26. The number of nitrogens with zero attached hydrogens (tertiary/aromatic N) is 2. The van der Waals surface area contributed by atoms with Gasteiger partial charge in [0.2, 0.25) is 0 Å².